The largest absolute Gasteiger partial charge is 0.481 e. The molecule has 5 heteroatoms. The number of benzene rings is 1. The van der Waals surface area contributed by atoms with Crippen molar-refractivity contribution in [3.63, 3.8) is 0 Å². The van der Waals surface area contributed by atoms with Crippen molar-refractivity contribution in [3.05, 3.63) is 30.3 Å². The molecule has 2 rings (SSSR count). The normalized spacial score (nSPS) is 20.4. The molecule has 2 N–H and O–H groups in total. The molecule has 1 aliphatic heterocycles. The SMILES string of the molecule is C[C@H](Oc1ccccc1)C(=O)N[C@H]1CCCCNC1=O. The van der Waals surface area contributed by atoms with Gasteiger partial charge in [-0.25, -0.2) is 0 Å². The molecule has 1 aromatic carbocycles. The molecule has 0 aromatic heterocycles. The van der Waals surface area contributed by atoms with E-state index >= 15 is 0 Å². The van der Waals surface area contributed by atoms with Crippen molar-refractivity contribution in [3.8, 4) is 5.75 Å². The predicted molar refractivity (Wildman–Crippen MR) is 75.3 cm³/mol. The van der Waals surface area contributed by atoms with Gasteiger partial charge in [0.15, 0.2) is 6.10 Å². The van der Waals surface area contributed by atoms with Crippen LogP contribution in [0.4, 0.5) is 0 Å². The molecule has 1 fully saturated rings. The van der Waals surface area contributed by atoms with Crippen LogP contribution in [-0.2, 0) is 9.59 Å². The van der Waals surface area contributed by atoms with Gasteiger partial charge in [-0.05, 0) is 38.3 Å². The van der Waals surface area contributed by atoms with Gasteiger partial charge in [0, 0.05) is 6.54 Å². The van der Waals surface area contributed by atoms with Gasteiger partial charge in [0.1, 0.15) is 11.8 Å². The van der Waals surface area contributed by atoms with Crippen LogP contribution in [0.5, 0.6) is 5.75 Å². The Balaban J connectivity index is 1.88. The van der Waals surface area contributed by atoms with E-state index in [9.17, 15) is 9.59 Å². The zero-order valence-electron chi connectivity index (χ0n) is 11.6. The Morgan fingerprint density at radius 2 is 2.10 bits per heavy atom. The summed E-state index contributed by atoms with van der Waals surface area (Å²) in [6, 6.07) is 8.71. The molecule has 0 spiro atoms. The Hall–Kier alpha value is -2.04. The van der Waals surface area contributed by atoms with Gasteiger partial charge >= 0.3 is 0 Å². The fourth-order valence-electron chi connectivity index (χ4n) is 2.12. The van der Waals surface area contributed by atoms with Gasteiger partial charge in [-0.1, -0.05) is 18.2 Å². The molecule has 20 heavy (non-hydrogen) atoms. The highest BCUT2D eigenvalue weighted by molar-refractivity contribution is 5.89. The molecule has 2 atom stereocenters. The second-order valence-corrected chi connectivity index (χ2v) is 4.92. The van der Waals surface area contributed by atoms with E-state index in [1.165, 1.54) is 0 Å². The average Bonchev–Trinajstić information content (AvgIpc) is 2.65. The van der Waals surface area contributed by atoms with Crippen molar-refractivity contribution < 1.29 is 14.3 Å². The first-order valence-electron chi connectivity index (χ1n) is 6.96. The summed E-state index contributed by atoms with van der Waals surface area (Å²) < 4.78 is 5.54. The number of hydrogen-bond donors (Lipinski definition) is 2. The van der Waals surface area contributed by atoms with Crippen LogP contribution in [0.25, 0.3) is 0 Å². The maximum Gasteiger partial charge on any atom is 0.261 e. The molecule has 5 nitrogen and oxygen atoms in total. The van der Waals surface area contributed by atoms with Crippen LogP contribution in [0.15, 0.2) is 30.3 Å². The summed E-state index contributed by atoms with van der Waals surface area (Å²) in [5.74, 6) is 0.263. The van der Waals surface area contributed by atoms with Crippen LogP contribution >= 0.6 is 0 Å². The van der Waals surface area contributed by atoms with Gasteiger partial charge in [-0.15, -0.1) is 0 Å². The van der Waals surface area contributed by atoms with Gasteiger partial charge in [0.25, 0.3) is 5.91 Å². The minimum absolute atomic E-state index is 0.109. The maximum atomic E-state index is 12.1. The van der Waals surface area contributed by atoms with Crippen LogP contribution in [0.2, 0.25) is 0 Å². The number of nitrogens with one attached hydrogen (secondary N) is 2. The van der Waals surface area contributed by atoms with Crippen molar-refractivity contribution in [2.45, 2.75) is 38.3 Å². The topological polar surface area (TPSA) is 67.4 Å². The summed E-state index contributed by atoms with van der Waals surface area (Å²) in [6.45, 7) is 2.36. The number of hydrogen-bond acceptors (Lipinski definition) is 3. The molecule has 0 bridgehead atoms. The molecular formula is C15H20N2O3. The molecule has 1 heterocycles. The zero-order valence-corrected chi connectivity index (χ0v) is 11.6. The number of amides is 2. The quantitative estimate of drug-likeness (QED) is 0.869. The third-order valence-corrected chi connectivity index (χ3v) is 3.28. The van der Waals surface area contributed by atoms with Crippen LogP contribution in [0.1, 0.15) is 26.2 Å². The molecule has 2 amide bonds. The third kappa shape index (κ3) is 3.98. The van der Waals surface area contributed by atoms with Gasteiger partial charge < -0.3 is 15.4 Å². The number of carbonyl (C=O) groups excluding carboxylic acids is 2. The minimum atomic E-state index is -0.631. The lowest BCUT2D eigenvalue weighted by molar-refractivity contribution is -0.132. The number of para-hydroxylation sites is 1. The van der Waals surface area contributed by atoms with Gasteiger partial charge in [0.05, 0.1) is 0 Å². The Morgan fingerprint density at radius 1 is 1.35 bits per heavy atom. The van der Waals surface area contributed by atoms with Gasteiger partial charge in [-0.3, -0.25) is 9.59 Å². The van der Waals surface area contributed by atoms with Crippen molar-refractivity contribution in [1.29, 1.82) is 0 Å². The molecule has 1 aromatic rings. The summed E-state index contributed by atoms with van der Waals surface area (Å²) in [5, 5.41) is 5.55. The molecule has 0 saturated carbocycles. The Bertz CT molecular complexity index is 461. The van der Waals surface area contributed by atoms with Gasteiger partial charge in [-0.2, -0.15) is 0 Å². The molecule has 0 unspecified atom stereocenters. The van der Waals surface area contributed by atoms with Crippen LogP contribution < -0.4 is 15.4 Å². The molecule has 1 saturated heterocycles. The van der Waals surface area contributed by atoms with E-state index in [2.05, 4.69) is 10.6 Å². The van der Waals surface area contributed by atoms with Crippen LogP contribution in [-0.4, -0.2) is 30.5 Å². The summed E-state index contributed by atoms with van der Waals surface area (Å²) in [6.07, 6.45) is 1.93. The summed E-state index contributed by atoms with van der Waals surface area (Å²) in [7, 11) is 0. The molecule has 0 aliphatic carbocycles. The second-order valence-electron chi connectivity index (χ2n) is 4.92. The fraction of sp³-hybridized carbons (Fsp3) is 0.467. The van der Waals surface area contributed by atoms with E-state index in [-0.39, 0.29) is 11.8 Å². The lowest BCUT2D eigenvalue weighted by Gasteiger charge is -2.19. The second kappa shape index (κ2) is 6.93. The fourth-order valence-corrected chi connectivity index (χ4v) is 2.12. The highest BCUT2D eigenvalue weighted by atomic mass is 16.5. The smallest absolute Gasteiger partial charge is 0.261 e. The Labute approximate surface area is 118 Å². The minimum Gasteiger partial charge on any atom is -0.481 e. The Morgan fingerprint density at radius 3 is 2.85 bits per heavy atom. The summed E-state index contributed by atoms with van der Waals surface area (Å²) in [5.41, 5.74) is 0. The first-order valence-corrected chi connectivity index (χ1v) is 6.96. The monoisotopic (exact) mass is 276 g/mol. The maximum absolute atomic E-state index is 12.1. The van der Waals surface area contributed by atoms with Crippen LogP contribution in [0.3, 0.4) is 0 Å². The van der Waals surface area contributed by atoms with Crippen LogP contribution in [0, 0.1) is 0 Å². The van der Waals surface area contributed by atoms with E-state index in [4.69, 9.17) is 4.74 Å². The average molecular weight is 276 g/mol. The van der Waals surface area contributed by atoms with E-state index in [0.717, 1.165) is 12.8 Å². The lowest BCUT2D eigenvalue weighted by Crippen LogP contribution is -2.49. The van der Waals surface area contributed by atoms with Crippen molar-refractivity contribution in [1.82, 2.24) is 10.6 Å². The summed E-state index contributed by atoms with van der Waals surface area (Å²) >= 11 is 0. The molecular weight excluding hydrogens is 256 g/mol. The molecule has 0 radical (unpaired) electrons. The van der Waals surface area contributed by atoms with E-state index in [1.54, 1.807) is 19.1 Å². The predicted octanol–water partition coefficient (Wildman–Crippen LogP) is 1.24. The third-order valence-electron chi connectivity index (χ3n) is 3.28. The molecule has 1 aliphatic rings. The van der Waals surface area contributed by atoms with Crippen molar-refractivity contribution in [2.24, 2.45) is 0 Å². The standard InChI is InChI=1S/C15H20N2O3/c1-11(20-12-7-3-2-4-8-12)14(18)17-13-9-5-6-10-16-15(13)19/h2-4,7-8,11,13H,5-6,9-10H2,1H3,(H,16,19)(H,17,18)/t11-,13-/m0/s1. The van der Waals surface area contributed by atoms with Gasteiger partial charge in [0.2, 0.25) is 5.91 Å². The first-order chi connectivity index (χ1) is 9.66. The number of carbonyl (C=O) groups is 2. The van der Waals surface area contributed by atoms with E-state index < -0.39 is 12.1 Å². The number of ether oxygens (including phenoxy) is 1. The Kier molecular flexibility index (Phi) is 4.98. The molecule has 108 valence electrons. The first kappa shape index (κ1) is 14.4. The zero-order chi connectivity index (χ0) is 14.4. The highest BCUT2D eigenvalue weighted by Crippen LogP contribution is 2.11. The summed E-state index contributed by atoms with van der Waals surface area (Å²) in [4.78, 5) is 23.8. The van der Waals surface area contributed by atoms with E-state index in [0.29, 0.717) is 18.7 Å². The lowest BCUT2D eigenvalue weighted by atomic mass is 10.1. The highest BCUT2D eigenvalue weighted by Gasteiger charge is 2.25. The van der Waals surface area contributed by atoms with E-state index in [1.807, 2.05) is 18.2 Å². The van der Waals surface area contributed by atoms with Crippen molar-refractivity contribution >= 4 is 11.8 Å². The van der Waals surface area contributed by atoms with Crippen molar-refractivity contribution in [2.75, 3.05) is 6.54 Å². The number of rotatable bonds is 4.